The minimum atomic E-state index is 0.722. The first-order chi connectivity index (χ1) is 8.79. The molecule has 0 aliphatic rings. The van der Waals surface area contributed by atoms with Crippen LogP contribution in [-0.2, 0) is 11.3 Å². The Morgan fingerprint density at radius 2 is 2.11 bits per heavy atom. The zero-order valence-corrected chi connectivity index (χ0v) is 12.8. The summed E-state index contributed by atoms with van der Waals surface area (Å²) in [4.78, 5) is 0. The van der Waals surface area contributed by atoms with Crippen molar-refractivity contribution in [3.63, 3.8) is 0 Å². The molecule has 3 nitrogen and oxygen atoms in total. The molecule has 0 aromatic heterocycles. The first-order valence-corrected chi connectivity index (χ1v) is 7.18. The van der Waals surface area contributed by atoms with E-state index < -0.39 is 0 Å². The van der Waals surface area contributed by atoms with E-state index >= 15 is 0 Å². The minimum absolute atomic E-state index is 0.722. The standard InChI is InChI=1S/C14H22BrNO2/c1-3-4-9-18-14-12(6-5-7-13(14)15)11-16-8-10-17-2/h5-7,16H,3-4,8-11H2,1-2H3. The molecular weight excluding hydrogens is 294 g/mol. The van der Waals surface area contributed by atoms with E-state index in [9.17, 15) is 0 Å². The highest BCUT2D eigenvalue weighted by atomic mass is 79.9. The summed E-state index contributed by atoms with van der Waals surface area (Å²) >= 11 is 3.54. The largest absolute Gasteiger partial charge is 0.492 e. The first-order valence-electron chi connectivity index (χ1n) is 6.39. The number of benzene rings is 1. The molecule has 102 valence electrons. The van der Waals surface area contributed by atoms with Crippen LogP contribution in [0, 0.1) is 0 Å². The van der Waals surface area contributed by atoms with Gasteiger partial charge in [0.2, 0.25) is 0 Å². The molecule has 0 aliphatic carbocycles. The van der Waals surface area contributed by atoms with Gasteiger partial charge >= 0.3 is 0 Å². The van der Waals surface area contributed by atoms with Crippen molar-refractivity contribution in [3.8, 4) is 5.75 Å². The quantitative estimate of drug-likeness (QED) is 0.709. The molecule has 0 atom stereocenters. The van der Waals surface area contributed by atoms with E-state index in [0.717, 1.165) is 49.4 Å². The second kappa shape index (κ2) is 9.36. The maximum atomic E-state index is 5.85. The summed E-state index contributed by atoms with van der Waals surface area (Å²) in [7, 11) is 1.71. The Morgan fingerprint density at radius 1 is 1.28 bits per heavy atom. The third-order valence-corrected chi connectivity index (χ3v) is 3.22. The van der Waals surface area contributed by atoms with Crippen LogP contribution in [0.25, 0.3) is 0 Å². The Morgan fingerprint density at radius 3 is 2.83 bits per heavy atom. The Kier molecular flexibility index (Phi) is 8.05. The summed E-state index contributed by atoms with van der Waals surface area (Å²) in [6.07, 6.45) is 2.23. The Bertz CT molecular complexity index is 345. The Labute approximate surface area is 118 Å². The highest BCUT2D eigenvalue weighted by Crippen LogP contribution is 2.29. The number of hydrogen-bond acceptors (Lipinski definition) is 3. The van der Waals surface area contributed by atoms with E-state index in [1.807, 2.05) is 12.1 Å². The maximum absolute atomic E-state index is 5.85. The van der Waals surface area contributed by atoms with E-state index in [4.69, 9.17) is 9.47 Å². The van der Waals surface area contributed by atoms with E-state index in [1.165, 1.54) is 5.56 Å². The number of ether oxygens (including phenoxy) is 2. The van der Waals surface area contributed by atoms with Crippen LogP contribution in [0.15, 0.2) is 22.7 Å². The average Bonchev–Trinajstić information content (AvgIpc) is 2.37. The summed E-state index contributed by atoms with van der Waals surface area (Å²) in [6, 6.07) is 6.13. The molecule has 1 rings (SSSR count). The van der Waals surface area contributed by atoms with Gasteiger partial charge in [0.15, 0.2) is 0 Å². The lowest BCUT2D eigenvalue weighted by molar-refractivity contribution is 0.199. The average molecular weight is 316 g/mol. The SMILES string of the molecule is CCCCOc1c(Br)cccc1CNCCOC. The highest BCUT2D eigenvalue weighted by Gasteiger charge is 2.07. The molecule has 0 saturated heterocycles. The van der Waals surface area contributed by atoms with E-state index in [0.29, 0.717) is 0 Å². The lowest BCUT2D eigenvalue weighted by Crippen LogP contribution is -2.19. The molecule has 0 fully saturated rings. The van der Waals surface area contributed by atoms with Crippen molar-refractivity contribution in [3.05, 3.63) is 28.2 Å². The van der Waals surface area contributed by atoms with E-state index in [2.05, 4.69) is 34.2 Å². The molecule has 0 unspecified atom stereocenters. The van der Waals surface area contributed by atoms with E-state index in [-0.39, 0.29) is 0 Å². The molecule has 1 N–H and O–H groups in total. The highest BCUT2D eigenvalue weighted by molar-refractivity contribution is 9.10. The van der Waals surface area contributed by atoms with Gasteiger partial charge in [-0.15, -0.1) is 0 Å². The second-order valence-electron chi connectivity index (χ2n) is 4.10. The van der Waals surface area contributed by atoms with Gasteiger partial charge in [-0.2, -0.15) is 0 Å². The van der Waals surface area contributed by atoms with Crippen molar-refractivity contribution in [1.82, 2.24) is 5.32 Å². The molecule has 0 spiro atoms. The van der Waals surface area contributed by atoms with Crippen molar-refractivity contribution in [2.45, 2.75) is 26.3 Å². The number of methoxy groups -OCH3 is 1. The molecule has 18 heavy (non-hydrogen) atoms. The van der Waals surface area contributed by atoms with Crippen molar-refractivity contribution >= 4 is 15.9 Å². The summed E-state index contributed by atoms with van der Waals surface area (Å²) in [6.45, 7) is 5.29. The Balaban J connectivity index is 2.56. The molecule has 0 amide bonds. The number of para-hydroxylation sites is 1. The van der Waals surface area contributed by atoms with Crippen LogP contribution in [0.1, 0.15) is 25.3 Å². The van der Waals surface area contributed by atoms with Gasteiger partial charge in [0.25, 0.3) is 0 Å². The molecule has 4 heteroatoms. The third kappa shape index (κ3) is 5.38. The number of halogens is 1. The summed E-state index contributed by atoms with van der Waals surface area (Å²) < 4.78 is 11.9. The molecule has 0 aliphatic heterocycles. The Hall–Kier alpha value is -0.580. The first kappa shape index (κ1) is 15.5. The topological polar surface area (TPSA) is 30.5 Å². The normalized spacial score (nSPS) is 10.6. The second-order valence-corrected chi connectivity index (χ2v) is 4.95. The number of unbranched alkanes of at least 4 members (excludes halogenated alkanes) is 1. The minimum Gasteiger partial charge on any atom is -0.492 e. The summed E-state index contributed by atoms with van der Waals surface area (Å²) in [5.41, 5.74) is 1.18. The van der Waals surface area contributed by atoms with Gasteiger partial charge in [0.05, 0.1) is 17.7 Å². The van der Waals surface area contributed by atoms with Crippen LogP contribution in [0.4, 0.5) is 0 Å². The maximum Gasteiger partial charge on any atom is 0.137 e. The van der Waals surface area contributed by atoms with Crippen LogP contribution in [0.5, 0.6) is 5.75 Å². The van der Waals surface area contributed by atoms with Crippen molar-refractivity contribution in [2.75, 3.05) is 26.9 Å². The number of hydrogen-bond donors (Lipinski definition) is 1. The number of rotatable bonds is 9. The summed E-state index contributed by atoms with van der Waals surface area (Å²) in [5.74, 6) is 0.955. The lowest BCUT2D eigenvalue weighted by atomic mass is 10.2. The predicted octanol–water partition coefficient (Wildman–Crippen LogP) is 3.36. The molecular formula is C14H22BrNO2. The van der Waals surface area contributed by atoms with Crippen LogP contribution >= 0.6 is 15.9 Å². The molecule has 0 heterocycles. The smallest absolute Gasteiger partial charge is 0.137 e. The summed E-state index contributed by atoms with van der Waals surface area (Å²) in [5, 5.41) is 3.33. The van der Waals surface area contributed by atoms with Crippen LogP contribution in [0.3, 0.4) is 0 Å². The zero-order chi connectivity index (χ0) is 13.2. The van der Waals surface area contributed by atoms with E-state index in [1.54, 1.807) is 7.11 Å². The molecule has 0 bridgehead atoms. The van der Waals surface area contributed by atoms with Crippen LogP contribution in [0.2, 0.25) is 0 Å². The van der Waals surface area contributed by atoms with Gasteiger partial charge in [-0.25, -0.2) is 0 Å². The van der Waals surface area contributed by atoms with Gasteiger partial charge in [-0.05, 0) is 28.4 Å². The van der Waals surface area contributed by atoms with Gasteiger partial charge in [-0.3, -0.25) is 0 Å². The molecule has 1 aromatic carbocycles. The monoisotopic (exact) mass is 315 g/mol. The van der Waals surface area contributed by atoms with Gasteiger partial charge < -0.3 is 14.8 Å². The lowest BCUT2D eigenvalue weighted by Gasteiger charge is -2.13. The fourth-order valence-corrected chi connectivity index (χ4v) is 2.09. The van der Waals surface area contributed by atoms with Gasteiger partial charge in [0, 0.05) is 25.8 Å². The van der Waals surface area contributed by atoms with Crippen molar-refractivity contribution < 1.29 is 9.47 Å². The molecule has 0 saturated carbocycles. The molecule has 1 aromatic rings. The van der Waals surface area contributed by atoms with Crippen LogP contribution < -0.4 is 10.1 Å². The van der Waals surface area contributed by atoms with Crippen molar-refractivity contribution in [2.24, 2.45) is 0 Å². The van der Waals surface area contributed by atoms with Gasteiger partial charge in [-0.1, -0.05) is 25.5 Å². The predicted molar refractivity (Wildman–Crippen MR) is 78.1 cm³/mol. The number of nitrogens with one attached hydrogen (secondary N) is 1. The fraction of sp³-hybridized carbons (Fsp3) is 0.571. The van der Waals surface area contributed by atoms with Gasteiger partial charge in [0.1, 0.15) is 5.75 Å². The van der Waals surface area contributed by atoms with Crippen LogP contribution in [-0.4, -0.2) is 26.9 Å². The fourth-order valence-electron chi connectivity index (χ4n) is 1.57. The zero-order valence-electron chi connectivity index (χ0n) is 11.2. The molecule has 0 radical (unpaired) electrons. The van der Waals surface area contributed by atoms with Crippen molar-refractivity contribution in [1.29, 1.82) is 0 Å². The third-order valence-electron chi connectivity index (χ3n) is 2.59.